The molecule has 0 amide bonds. The van der Waals surface area contributed by atoms with Gasteiger partial charge in [-0.2, -0.15) is 0 Å². The third-order valence-corrected chi connectivity index (χ3v) is 3.91. The van der Waals surface area contributed by atoms with E-state index in [1.54, 1.807) is 0 Å². The minimum atomic E-state index is 0.0536. The van der Waals surface area contributed by atoms with Crippen molar-refractivity contribution < 1.29 is 5.11 Å². The topological polar surface area (TPSA) is 23.1 Å². The molecule has 2 nitrogen and oxygen atoms in total. The lowest BCUT2D eigenvalue weighted by Gasteiger charge is -2.34. The molecule has 0 saturated heterocycles. The van der Waals surface area contributed by atoms with Gasteiger partial charge in [-0.05, 0) is 24.8 Å². The Kier molecular flexibility index (Phi) is 5.69. The van der Waals surface area contributed by atoms with Gasteiger partial charge in [0.1, 0.15) is 0 Å². The maximum absolute atomic E-state index is 10.7. The van der Waals surface area contributed by atoms with Crippen molar-refractivity contribution in [3.05, 3.63) is 35.9 Å². The number of nitrogens with zero attached hydrogens (tertiary/aromatic N) is 1. The molecule has 0 aliphatic heterocycles. The predicted molar refractivity (Wildman–Crippen MR) is 73.9 cm³/mol. The number of rotatable bonds is 6. The van der Waals surface area contributed by atoms with Crippen molar-refractivity contribution >= 4 is 0 Å². The molecule has 0 N–H and O–H groups in total. The van der Waals surface area contributed by atoms with Crippen LogP contribution in [0.15, 0.2) is 30.3 Å². The third-order valence-electron chi connectivity index (χ3n) is 3.91. The van der Waals surface area contributed by atoms with Gasteiger partial charge in [-0.15, -0.1) is 0 Å². The van der Waals surface area contributed by atoms with Crippen LogP contribution in [0, 0.1) is 0 Å². The van der Waals surface area contributed by atoms with Crippen LogP contribution in [-0.4, -0.2) is 24.1 Å². The Morgan fingerprint density at radius 2 is 1.78 bits per heavy atom. The first-order chi connectivity index (χ1) is 8.90. The molecule has 2 rings (SSSR count). The van der Waals surface area contributed by atoms with Crippen molar-refractivity contribution in [3.8, 4) is 0 Å². The number of benzene rings is 1. The lowest BCUT2D eigenvalue weighted by atomic mass is 9.93. The molecular weight excluding hydrogens is 222 g/mol. The molecule has 0 spiro atoms. The van der Waals surface area contributed by atoms with Gasteiger partial charge >= 0.3 is 0 Å². The normalized spacial score (nSPS) is 17.2. The molecule has 0 atom stereocenters. The maximum atomic E-state index is 10.7. The molecule has 0 unspecified atom stereocenters. The Hall–Kier alpha value is -0.860. The summed E-state index contributed by atoms with van der Waals surface area (Å²) in [6.07, 6.45) is 7.50. The molecule has 0 heterocycles. The lowest BCUT2D eigenvalue weighted by Crippen LogP contribution is -2.37. The monoisotopic (exact) mass is 246 g/mol. The number of hydrogen-bond donors (Lipinski definition) is 0. The van der Waals surface area contributed by atoms with Gasteiger partial charge < -0.3 is 0 Å². The molecule has 0 aromatic heterocycles. The van der Waals surface area contributed by atoms with Crippen molar-refractivity contribution in [2.45, 2.75) is 51.1 Å². The van der Waals surface area contributed by atoms with Crippen LogP contribution in [0.4, 0.5) is 0 Å². The van der Waals surface area contributed by atoms with Crippen LogP contribution in [0.1, 0.15) is 44.1 Å². The summed E-state index contributed by atoms with van der Waals surface area (Å²) in [7, 11) is 0. The van der Waals surface area contributed by atoms with E-state index in [1.807, 2.05) is 0 Å². The quantitative estimate of drug-likeness (QED) is 0.751. The first-order valence-electron chi connectivity index (χ1n) is 7.26. The molecule has 1 aromatic carbocycles. The first kappa shape index (κ1) is 13.6. The zero-order chi connectivity index (χ0) is 12.6. The van der Waals surface area contributed by atoms with Crippen molar-refractivity contribution in [1.29, 1.82) is 0 Å². The van der Waals surface area contributed by atoms with Crippen molar-refractivity contribution in [3.63, 3.8) is 0 Å². The summed E-state index contributed by atoms with van der Waals surface area (Å²) in [5.41, 5.74) is 1.37. The fourth-order valence-corrected chi connectivity index (χ4v) is 2.92. The second-order valence-corrected chi connectivity index (χ2v) is 5.31. The van der Waals surface area contributed by atoms with Crippen LogP contribution in [0.25, 0.3) is 0 Å². The van der Waals surface area contributed by atoms with Crippen molar-refractivity contribution in [2.24, 2.45) is 0 Å². The van der Waals surface area contributed by atoms with E-state index >= 15 is 0 Å². The fourth-order valence-electron chi connectivity index (χ4n) is 2.92. The Morgan fingerprint density at radius 1 is 1.06 bits per heavy atom. The van der Waals surface area contributed by atoms with Gasteiger partial charge in [0.2, 0.25) is 0 Å². The van der Waals surface area contributed by atoms with Gasteiger partial charge in [-0.25, -0.2) is 5.11 Å². The Bertz CT molecular complexity index is 319. The van der Waals surface area contributed by atoms with E-state index in [0.29, 0.717) is 6.04 Å². The van der Waals surface area contributed by atoms with E-state index in [2.05, 4.69) is 35.2 Å². The largest absolute Gasteiger partial charge is 0.296 e. The standard InChI is InChI=1S/C16H24NO/c18-13-7-12-17(16-10-5-2-6-11-16)14-15-8-3-1-4-9-15/h1,3-4,8-9,16H,2,5-7,10-14H2. The molecule has 99 valence electrons. The summed E-state index contributed by atoms with van der Waals surface area (Å²) in [4.78, 5) is 2.53. The molecule has 1 aliphatic rings. The SMILES string of the molecule is [O]CCCN(Cc1ccccc1)C1CCCCC1. The molecule has 1 aromatic rings. The highest BCUT2D eigenvalue weighted by Gasteiger charge is 2.20. The number of hydrogen-bond acceptors (Lipinski definition) is 1. The minimum absolute atomic E-state index is 0.0536. The Balaban J connectivity index is 1.95. The summed E-state index contributed by atoms with van der Waals surface area (Å²) in [5, 5.41) is 10.7. The average molecular weight is 246 g/mol. The van der Waals surface area contributed by atoms with Crippen molar-refractivity contribution in [2.75, 3.05) is 13.2 Å². The summed E-state index contributed by atoms with van der Waals surface area (Å²) in [5.74, 6) is 0. The zero-order valence-electron chi connectivity index (χ0n) is 11.2. The third kappa shape index (κ3) is 4.11. The molecule has 0 bridgehead atoms. The molecule has 1 aliphatic carbocycles. The molecule has 1 saturated carbocycles. The molecule has 1 fully saturated rings. The van der Waals surface area contributed by atoms with Gasteiger partial charge in [0, 0.05) is 19.1 Å². The van der Waals surface area contributed by atoms with E-state index in [0.717, 1.165) is 19.5 Å². The van der Waals surface area contributed by atoms with Gasteiger partial charge in [-0.3, -0.25) is 4.90 Å². The summed E-state index contributed by atoms with van der Waals surface area (Å²) >= 11 is 0. The first-order valence-corrected chi connectivity index (χ1v) is 7.26. The highest BCUT2D eigenvalue weighted by Crippen LogP contribution is 2.24. The molecule has 1 radical (unpaired) electrons. The summed E-state index contributed by atoms with van der Waals surface area (Å²) in [6.45, 7) is 2.02. The van der Waals surface area contributed by atoms with Crippen LogP contribution in [0.2, 0.25) is 0 Å². The van der Waals surface area contributed by atoms with Crippen LogP contribution in [0.5, 0.6) is 0 Å². The summed E-state index contributed by atoms with van der Waals surface area (Å²) in [6, 6.07) is 11.3. The Labute approximate surface area is 111 Å². The van der Waals surface area contributed by atoms with E-state index in [9.17, 15) is 5.11 Å². The second kappa shape index (κ2) is 7.55. The summed E-state index contributed by atoms with van der Waals surface area (Å²) < 4.78 is 0. The van der Waals surface area contributed by atoms with Crippen molar-refractivity contribution in [1.82, 2.24) is 4.90 Å². The fraction of sp³-hybridized carbons (Fsp3) is 0.625. The van der Waals surface area contributed by atoms with Gasteiger partial charge in [-0.1, -0.05) is 49.6 Å². The Morgan fingerprint density at radius 3 is 2.44 bits per heavy atom. The van der Waals surface area contributed by atoms with E-state index in [-0.39, 0.29) is 6.61 Å². The van der Waals surface area contributed by atoms with Crippen LogP contribution in [-0.2, 0) is 11.7 Å². The maximum Gasteiger partial charge on any atom is 0.0834 e. The van der Waals surface area contributed by atoms with E-state index < -0.39 is 0 Å². The highest BCUT2D eigenvalue weighted by molar-refractivity contribution is 5.14. The van der Waals surface area contributed by atoms with Gasteiger partial charge in [0.25, 0.3) is 0 Å². The molecule has 2 heteroatoms. The van der Waals surface area contributed by atoms with Crippen LogP contribution in [0.3, 0.4) is 0 Å². The smallest absolute Gasteiger partial charge is 0.0834 e. The molecular formula is C16H24NO. The second-order valence-electron chi connectivity index (χ2n) is 5.31. The van der Waals surface area contributed by atoms with E-state index in [1.165, 1.54) is 37.7 Å². The van der Waals surface area contributed by atoms with Crippen LogP contribution < -0.4 is 0 Å². The van der Waals surface area contributed by atoms with Gasteiger partial charge in [0.15, 0.2) is 0 Å². The average Bonchev–Trinajstić information content (AvgIpc) is 2.45. The van der Waals surface area contributed by atoms with E-state index in [4.69, 9.17) is 0 Å². The van der Waals surface area contributed by atoms with Gasteiger partial charge in [0.05, 0.1) is 6.61 Å². The molecule has 18 heavy (non-hydrogen) atoms. The predicted octanol–water partition coefficient (Wildman–Crippen LogP) is 3.64. The lowest BCUT2D eigenvalue weighted by molar-refractivity contribution is 0.119. The zero-order valence-corrected chi connectivity index (χ0v) is 11.2. The minimum Gasteiger partial charge on any atom is -0.296 e. The van der Waals surface area contributed by atoms with Crippen LogP contribution >= 0.6 is 0 Å². The highest BCUT2D eigenvalue weighted by atomic mass is 16.3.